The molecule has 8 aliphatic rings. The Morgan fingerprint density at radius 2 is 1.52 bits per heavy atom. The van der Waals surface area contributed by atoms with Crippen molar-refractivity contribution in [3.05, 3.63) is 11.6 Å². The molecule has 13 unspecified atom stereocenters. The average Bonchev–Trinajstić information content (AvgIpc) is 3.70. The minimum Gasteiger partial charge on any atom is -0.726 e. The molecule has 19 atom stereocenters. The fraction of sp³-hybridized carbons (Fsp3) is 0.927. The van der Waals surface area contributed by atoms with E-state index in [9.17, 15) is 48.4 Å². The topological polar surface area (TPSA) is 260 Å². The van der Waals surface area contributed by atoms with Gasteiger partial charge < -0.3 is 63.6 Å². The molecule has 4 heterocycles. The number of carbonyl (C=O) groups excluding carboxylic acids is 1. The number of allylic oxidation sites excluding steroid dienone is 1. The van der Waals surface area contributed by atoms with Crippen molar-refractivity contribution in [2.75, 3.05) is 6.61 Å². The van der Waals surface area contributed by atoms with E-state index in [-0.39, 0.29) is 47.8 Å². The van der Waals surface area contributed by atoms with Crippen LogP contribution in [0.15, 0.2) is 11.6 Å². The van der Waals surface area contributed by atoms with E-state index in [0.717, 1.165) is 12.0 Å². The molecule has 3 saturated carbocycles. The summed E-state index contributed by atoms with van der Waals surface area (Å²) in [5.41, 5.74) is -5.93. The number of cyclic esters (lactones) is 1. The van der Waals surface area contributed by atoms with Gasteiger partial charge in [0.15, 0.2) is 18.2 Å². The maximum Gasteiger partial charge on any atom is 1.00 e. The third kappa shape index (κ3) is 6.66. The van der Waals surface area contributed by atoms with E-state index in [1.54, 1.807) is 6.92 Å². The normalized spacial score (nSPS) is 53.2. The van der Waals surface area contributed by atoms with Crippen LogP contribution in [0.25, 0.3) is 0 Å². The van der Waals surface area contributed by atoms with Gasteiger partial charge in [0.25, 0.3) is 0 Å². The fourth-order valence-corrected chi connectivity index (χ4v) is 14.2. The molecule has 4 aliphatic carbocycles. The predicted molar refractivity (Wildman–Crippen MR) is 201 cm³/mol. The van der Waals surface area contributed by atoms with Crippen molar-refractivity contribution >= 4 is 16.4 Å². The van der Waals surface area contributed by atoms with Gasteiger partial charge >= 0.3 is 35.5 Å². The second-order valence-electron chi connectivity index (χ2n) is 20.7. The van der Waals surface area contributed by atoms with E-state index in [2.05, 4.69) is 25.0 Å². The molecule has 0 amide bonds. The van der Waals surface area contributed by atoms with Gasteiger partial charge in [-0.3, -0.25) is 8.98 Å². The minimum atomic E-state index is -5.29. The van der Waals surface area contributed by atoms with Crippen LogP contribution in [0.4, 0.5) is 0 Å². The molecule has 336 valence electrons. The Balaban J connectivity index is 0.00000544. The summed E-state index contributed by atoms with van der Waals surface area (Å²) in [5.74, 6) is -0.763. The Kier molecular flexibility index (Phi) is 12.2. The van der Waals surface area contributed by atoms with Crippen molar-refractivity contribution in [1.29, 1.82) is 0 Å². The second-order valence-corrected chi connectivity index (χ2v) is 21.7. The summed E-state index contributed by atoms with van der Waals surface area (Å²) in [6.07, 6.45) is -10.0. The van der Waals surface area contributed by atoms with Gasteiger partial charge in [-0.1, -0.05) is 39.3 Å². The van der Waals surface area contributed by atoms with Crippen LogP contribution in [0.1, 0.15) is 107 Å². The van der Waals surface area contributed by atoms with Crippen LogP contribution in [-0.2, 0) is 47.8 Å². The first kappa shape index (κ1) is 47.6. The number of fused-ring (bicyclic) bond motifs is 4. The molecule has 17 nitrogen and oxygen atoms in total. The first-order valence-electron chi connectivity index (χ1n) is 21.2. The van der Waals surface area contributed by atoms with E-state index in [1.165, 1.54) is 6.92 Å². The molecule has 60 heavy (non-hydrogen) atoms. The van der Waals surface area contributed by atoms with E-state index in [1.807, 2.05) is 26.8 Å². The third-order valence-electron chi connectivity index (χ3n) is 16.9. The summed E-state index contributed by atoms with van der Waals surface area (Å²) in [4.78, 5) is 14.5. The van der Waals surface area contributed by atoms with Crippen LogP contribution in [0, 0.1) is 33.5 Å². The van der Waals surface area contributed by atoms with Gasteiger partial charge in [-0.15, -0.1) is 0 Å². The van der Waals surface area contributed by atoms with Gasteiger partial charge in [0.2, 0.25) is 10.4 Å². The van der Waals surface area contributed by atoms with Gasteiger partial charge in [0.1, 0.15) is 53.7 Å². The quantitative estimate of drug-likeness (QED) is 0.0407. The van der Waals surface area contributed by atoms with Gasteiger partial charge in [0.05, 0.1) is 30.5 Å². The fourth-order valence-electron chi connectivity index (χ4n) is 13.7. The molecule has 0 aromatic rings. The van der Waals surface area contributed by atoms with E-state index < -0.39 is 135 Å². The molecule has 1 spiro atoms. The van der Waals surface area contributed by atoms with Crippen LogP contribution >= 0.6 is 0 Å². The number of aliphatic hydroxyl groups is 6. The predicted octanol–water partition coefficient (Wildman–Crippen LogP) is -1.90. The monoisotopic (exact) mass is 882 g/mol. The Bertz CT molecular complexity index is 1830. The molecule has 8 rings (SSSR count). The zero-order chi connectivity index (χ0) is 43.3. The summed E-state index contributed by atoms with van der Waals surface area (Å²) in [6, 6.07) is 0. The summed E-state index contributed by atoms with van der Waals surface area (Å²) in [7, 11) is -5.29. The molecule has 0 radical (unpaired) electrons. The largest absolute Gasteiger partial charge is 1.00 e. The standard InChI is InChI=1S/C41H64O17S.Na/c1-19-27(43)29(45)30(46)32(53-19)55-31-28(44)22(58-59(49,50)51)18-52-33(31)54-25-12-14-37(6)21-17-24(42)41-34(47)57-39(8,26-11-13-35(2,3)56-26)40(41,48)16-15-38(41,7)20(21)9-10-23(37)36(25,4)5;/h17,19-20,22-33,42-46,48H,9-16,18H2,1-8H3,(H,49,50,51);/q;+1/p-1/t19?,20?,22?,23?,24-,25?,26+,27?,28?,29?,30?,31?,32?,33?,37+,38-,39-,40-,41?;/m0./s1. The van der Waals surface area contributed by atoms with Crippen molar-refractivity contribution in [2.24, 2.45) is 33.5 Å². The Labute approximate surface area is 374 Å². The number of hydrogen-bond donors (Lipinski definition) is 6. The summed E-state index contributed by atoms with van der Waals surface area (Å²) >= 11 is 0. The Morgan fingerprint density at radius 3 is 2.15 bits per heavy atom. The van der Waals surface area contributed by atoms with Crippen molar-refractivity contribution in [3.8, 4) is 0 Å². The molecule has 4 saturated heterocycles. The molecule has 0 aromatic heterocycles. The van der Waals surface area contributed by atoms with Crippen molar-refractivity contribution in [2.45, 2.75) is 197 Å². The van der Waals surface area contributed by atoms with Crippen LogP contribution in [0.2, 0.25) is 0 Å². The molecule has 7 fully saturated rings. The molecule has 6 N–H and O–H groups in total. The minimum absolute atomic E-state index is 0. The molecule has 0 aromatic carbocycles. The zero-order valence-electron chi connectivity index (χ0n) is 36.1. The third-order valence-corrected chi connectivity index (χ3v) is 17.4. The molecular formula is C41H63NaO17S. The summed E-state index contributed by atoms with van der Waals surface area (Å²) in [6.45, 7) is 15.0. The average molecular weight is 883 g/mol. The first-order chi connectivity index (χ1) is 27.2. The summed E-state index contributed by atoms with van der Waals surface area (Å²) < 4.78 is 76.1. The number of ether oxygens (including phenoxy) is 6. The Morgan fingerprint density at radius 1 is 0.833 bits per heavy atom. The number of rotatable bonds is 7. The van der Waals surface area contributed by atoms with Crippen LogP contribution in [-0.4, -0.2) is 147 Å². The second kappa shape index (κ2) is 15.4. The summed E-state index contributed by atoms with van der Waals surface area (Å²) in [5, 5.41) is 68.1. The maximum atomic E-state index is 14.5. The van der Waals surface area contributed by atoms with E-state index in [0.29, 0.717) is 38.5 Å². The molecular weight excluding hydrogens is 819 g/mol. The van der Waals surface area contributed by atoms with E-state index in [4.69, 9.17) is 28.4 Å². The Hall–Kier alpha value is -0.360. The SMILES string of the molecule is CC1OC(OC2C(OC3CC[C@]4(C)C5=C[C@H](O)C67C(=O)O[C@@](C)([C@H]8CCC(C)(C)O8)[C@@]6(O)CC[C@@]7(C)C5CCC4C3(C)C)OCC(OS(=O)(=O)[O-])C2O)C(O)C(O)C1O.[Na+]. The van der Waals surface area contributed by atoms with Gasteiger partial charge in [-0.25, -0.2) is 8.42 Å². The smallest absolute Gasteiger partial charge is 0.726 e. The first-order valence-corrected chi connectivity index (χ1v) is 22.5. The van der Waals surface area contributed by atoms with Crippen LogP contribution in [0.3, 0.4) is 0 Å². The molecule has 4 aliphatic heterocycles. The molecule has 0 bridgehead atoms. The molecule has 19 heteroatoms. The van der Waals surface area contributed by atoms with Crippen molar-refractivity contribution in [3.63, 3.8) is 0 Å². The van der Waals surface area contributed by atoms with Crippen LogP contribution in [0.5, 0.6) is 0 Å². The number of esters is 1. The van der Waals surface area contributed by atoms with Crippen molar-refractivity contribution < 1.29 is 111 Å². The van der Waals surface area contributed by atoms with Crippen molar-refractivity contribution in [1.82, 2.24) is 0 Å². The van der Waals surface area contributed by atoms with Crippen LogP contribution < -0.4 is 29.6 Å². The van der Waals surface area contributed by atoms with E-state index >= 15 is 0 Å². The van der Waals surface area contributed by atoms with Gasteiger partial charge in [-0.05, 0) is 107 Å². The number of hydrogen-bond acceptors (Lipinski definition) is 17. The zero-order valence-corrected chi connectivity index (χ0v) is 38.9. The number of carbonyl (C=O) groups is 1. The number of aliphatic hydroxyl groups excluding tert-OH is 5. The maximum absolute atomic E-state index is 14.5. The van der Waals surface area contributed by atoms with Gasteiger partial charge in [-0.2, -0.15) is 0 Å². The van der Waals surface area contributed by atoms with Gasteiger partial charge in [0, 0.05) is 0 Å².